The lowest BCUT2D eigenvalue weighted by Crippen LogP contribution is -2.12. The fourth-order valence-electron chi connectivity index (χ4n) is 5.59. The first-order valence-corrected chi connectivity index (χ1v) is 14.0. The maximum atomic E-state index is 11.9. The molecule has 0 radical (unpaired) electrons. The fourth-order valence-corrected chi connectivity index (χ4v) is 5.89. The van der Waals surface area contributed by atoms with Crippen molar-refractivity contribution < 1.29 is 10.2 Å². The molecule has 0 fully saturated rings. The Morgan fingerprint density at radius 1 is 0.806 bits per heavy atom. The highest BCUT2D eigenvalue weighted by atomic mass is 35.5. The van der Waals surface area contributed by atoms with E-state index in [1.54, 1.807) is 0 Å². The second-order valence-electron chi connectivity index (χ2n) is 10.4. The van der Waals surface area contributed by atoms with Crippen LogP contribution >= 0.6 is 11.6 Å². The van der Waals surface area contributed by atoms with Crippen molar-refractivity contribution in [2.45, 2.75) is 71.6 Å². The van der Waals surface area contributed by atoms with Gasteiger partial charge < -0.3 is 10.2 Å². The van der Waals surface area contributed by atoms with Crippen molar-refractivity contribution >= 4 is 17.2 Å². The van der Waals surface area contributed by atoms with Crippen molar-refractivity contribution in [2.24, 2.45) is 5.92 Å². The minimum atomic E-state index is 0.242. The number of rotatable bonds is 10. The van der Waals surface area contributed by atoms with Crippen molar-refractivity contribution in [1.29, 1.82) is 0 Å². The lowest BCUT2D eigenvalue weighted by Gasteiger charge is -2.28. The second kappa shape index (κ2) is 12.5. The first-order chi connectivity index (χ1) is 17.5. The number of allylic oxidation sites excluding steroid dienone is 2. The van der Waals surface area contributed by atoms with Crippen LogP contribution < -0.4 is 0 Å². The molecule has 0 amide bonds. The summed E-state index contributed by atoms with van der Waals surface area (Å²) in [6.45, 7) is 4.45. The highest BCUT2D eigenvalue weighted by Gasteiger charge is 2.29. The maximum Gasteiger partial charge on any atom is 0.130 e. The maximum absolute atomic E-state index is 11.9. The van der Waals surface area contributed by atoms with Crippen LogP contribution in [0.4, 0.5) is 0 Å². The van der Waals surface area contributed by atoms with Crippen LogP contribution in [0.15, 0.2) is 66.2 Å². The molecule has 1 atom stereocenters. The molecule has 0 spiro atoms. The van der Waals surface area contributed by atoms with E-state index >= 15 is 0 Å². The van der Waals surface area contributed by atoms with Crippen LogP contribution in [-0.2, 0) is 19.3 Å². The SMILES string of the molecule is CCCCCc1c(Cc2ccccc2)c(O)c(C2=C(CCl)CCC(C)C2)c(O)c1Cc1ccccc1. The molecule has 2 N–H and O–H groups in total. The van der Waals surface area contributed by atoms with Crippen molar-refractivity contribution in [1.82, 2.24) is 0 Å². The molecule has 0 aromatic heterocycles. The number of aromatic hydroxyl groups is 2. The van der Waals surface area contributed by atoms with Gasteiger partial charge in [-0.1, -0.05) is 92.9 Å². The van der Waals surface area contributed by atoms with E-state index in [1.807, 2.05) is 36.4 Å². The first-order valence-electron chi connectivity index (χ1n) is 13.5. The Balaban J connectivity index is 1.96. The van der Waals surface area contributed by atoms with Gasteiger partial charge in [0.1, 0.15) is 11.5 Å². The summed E-state index contributed by atoms with van der Waals surface area (Å²) in [6, 6.07) is 20.7. The summed E-state index contributed by atoms with van der Waals surface area (Å²) in [4.78, 5) is 0. The van der Waals surface area contributed by atoms with Gasteiger partial charge in [0.25, 0.3) is 0 Å². The van der Waals surface area contributed by atoms with Crippen molar-refractivity contribution in [3.8, 4) is 11.5 Å². The minimum Gasteiger partial charge on any atom is -0.507 e. The van der Waals surface area contributed by atoms with Crippen LogP contribution in [0.25, 0.3) is 5.57 Å². The average Bonchev–Trinajstić information content (AvgIpc) is 2.90. The number of alkyl halides is 1. The van der Waals surface area contributed by atoms with Crippen molar-refractivity contribution in [2.75, 3.05) is 5.88 Å². The summed E-state index contributed by atoms with van der Waals surface area (Å²) in [5, 5.41) is 23.7. The van der Waals surface area contributed by atoms with Gasteiger partial charge in [-0.05, 0) is 60.3 Å². The standard InChI is InChI=1S/C33H39ClO2/c1-3-4-7-16-27-29(20-24-12-8-5-9-13-24)32(35)31(28-19-23(2)17-18-26(28)22-34)33(36)30(27)21-25-14-10-6-11-15-25/h5-6,8-15,23,35-36H,3-4,7,16-22H2,1-2H3. The lowest BCUT2D eigenvalue weighted by molar-refractivity contribution is 0.434. The third-order valence-electron chi connectivity index (χ3n) is 7.63. The van der Waals surface area contributed by atoms with Crippen LogP contribution in [0, 0.1) is 5.92 Å². The van der Waals surface area contributed by atoms with Crippen LogP contribution in [0.1, 0.15) is 85.8 Å². The van der Waals surface area contributed by atoms with Gasteiger partial charge in [0.05, 0.1) is 5.56 Å². The van der Waals surface area contributed by atoms with Crippen LogP contribution in [-0.4, -0.2) is 16.1 Å². The first kappa shape index (κ1) is 26.4. The molecule has 3 aromatic rings. The number of hydrogen-bond donors (Lipinski definition) is 2. The van der Waals surface area contributed by atoms with E-state index in [9.17, 15) is 10.2 Å². The predicted molar refractivity (Wildman–Crippen MR) is 152 cm³/mol. The number of hydrogen-bond acceptors (Lipinski definition) is 2. The van der Waals surface area contributed by atoms with Gasteiger partial charge in [-0.2, -0.15) is 0 Å². The molecular formula is C33H39ClO2. The Kier molecular flexibility index (Phi) is 9.15. The van der Waals surface area contributed by atoms with E-state index in [1.165, 1.54) is 0 Å². The van der Waals surface area contributed by atoms with E-state index < -0.39 is 0 Å². The molecule has 1 aliphatic rings. The normalized spacial score (nSPS) is 15.9. The molecule has 0 heterocycles. The molecule has 4 rings (SSSR count). The molecule has 3 heteroatoms. The molecule has 1 aliphatic carbocycles. The zero-order valence-corrected chi connectivity index (χ0v) is 22.5. The van der Waals surface area contributed by atoms with E-state index in [0.717, 1.165) is 83.9 Å². The average molecular weight is 503 g/mol. The van der Waals surface area contributed by atoms with Gasteiger partial charge in [-0.25, -0.2) is 0 Å². The molecule has 0 bridgehead atoms. The second-order valence-corrected chi connectivity index (χ2v) is 10.6. The highest BCUT2D eigenvalue weighted by molar-refractivity contribution is 6.20. The Labute approximate surface area is 221 Å². The molecule has 0 saturated heterocycles. The number of unbranched alkanes of at least 4 members (excludes halogenated alkanes) is 2. The molecule has 3 aromatic carbocycles. The van der Waals surface area contributed by atoms with Crippen LogP contribution in [0.3, 0.4) is 0 Å². The van der Waals surface area contributed by atoms with E-state index in [0.29, 0.717) is 30.2 Å². The Morgan fingerprint density at radius 2 is 1.36 bits per heavy atom. The summed E-state index contributed by atoms with van der Waals surface area (Å²) in [5.41, 5.74) is 8.15. The number of phenolic OH excluding ortho intramolecular Hbond substituents is 2. The smallest absolute Gasteiger partial charge is 0.130 e. The van der Waals surface area contributed by atoms with Gasteiger partial charge in [-0.3, -0.25) is 0 Å². The van der Waals surface area contributed by atoms with Crippen molar-refractivity contribution in [3.63, 3.8) is 0 Å². The van der Waals surface area contributed by atoms with E-state index in [2.05, 4.69) is 38.1 Å². The Morgan fingerprint density at radius 3 is 1.86 bits per heavy atom. The van der Waals surface area contributed by atoms with E-state index in [-0.39, 0.29) is 11.5 Å². The quantitative estimate of drug-likeness (QED) is 0.215. The van der Waals surface area contributed by atoms with Gasteiger partial charge in [-0.15, -0.1) is 11.6 Å². The molecule has 0 saturated carbocycles. The lowest BCUT2D eigenvalue weighted by atomic mass is 9.78. The topological polar surface area (TPSA) is 40.5 Å². The predicted octanol–water partition coefficient (Wildman–Crippen LogP) is 8.82. The third kappa shape index (κ3) is 5.98. The van der Waals surface area contributed by atoms with Gasteiger partial charge in [0, 0.05) is 29.8 Å². The van der Waals surface area contributed by atoms with Crippen molar-refractivity contribution in [3.05, 3.63) is 99.6 Å². The molecule has 2 nitrogen and oxygen atoms in total. The van der Waals surface area contributed by atoms with E-state index in [4.69, 9.17) is 11.6 Å². The Hall–Kier alpha value is -2.71. The molecule has 0 aliphatic heterocycles. The zero-order chi connectivity index (χ0) is 25.5. The number of benzene rings is 3. The highest BCUT2D eigenvalue weighted by Crippen LogP contribution is 2.48. The Bertz CT molecular complexity index is 1110. The summed E-state index contributed by atoms with van der Waals surface area (Å²) in [7, 11) is 0. The molecule has 1 unspecified atom stereocenters. The summed E-state index contributed by atoms with van der Waals surface area (Å²) in [6.07, 6.45) is 8.25. The van der Waals surface area contributed by atoms with Crippen LogP contribution in [0.2, 0.25) is 0 Å². The van der Waals surface area contributed by atoms with Crippen LogP contribution in [0.5, 0.6) is 11.5 Å². The van der Waals surface area contributed by atoms with Gasteiger partial charge in [0.15, 0.2) is 0 Å². The largest absolute Gasteiger partial charge is 0.507 e. The van der Waals surface area contributed by atoms with Gasteiger partial charge >= 0.3 is 0 Å². The fraction of sp³-hybridized carbons (Fsp3) is 0.394. The number of phenols is 2. The monoisotopic (exact) mass is 502 g/mol. The number of halogens is 1. The minimum absolute atomic E-state index is 0.242. The molecular weight excluding hydrogens is 464 g/mol. The zero-order valence-electron chi connectivity index (χ0n) is 21.7. The van der Waals surface area contributed by atoms with Gasteiger partial charge in [0.2, 0.25) is 0 Å². The molecule has 36 heavy (non-hydrogen) atoms. The summed E-state index contributed by atoms with van der Waals surface area (Å²) in [5.74, 6) is 1.41. The third-order valence-corrected chi connectivity index (χ3v) is 7.96. The molecule has 190 valence electrons. The summed E-state index contributed by atoms with van der Waals surface area (Å²) < 4.78 is 0. The summed E-state index contributed by atoms with van der Waals surface area (Å²) >= 11 is 6.41.